The van der Waals surface area contributed by atoms with Gasteiger partial charge in [-0.2, -0.15) is 5.10 Å². The molecule has 2 unspecified atom stereocenters. The highest BCUT2D eigenvalue weighted by Gasteiger charge is 2.28. The van der Waals surface area contributed by atoms with Crippen LogP contribution in [0.1, 0.15) is 35.6 Å². The number of amides is 1. The Labute approximate surface area is 165 Å². The number of carbonyl (C=O) groups excluding carboxylic acids is 1. The third-order valence-electron chi connectivity index (χ3n) is 5.35. The predicted molar refractivity (Wildman–Crippen MR) is 108 cm³/mol. The largest absolute Gasteiger partial charge is 0.273 e. The second kappa shape index (κ2) is 7.14. The monoisotopic (exact) mass is 397 g/mol. The first kappa shape index (κ1) is 18.8. The molecule has 2 aromatic rings. The molecular weight excluding hydrogens is 374 g/mol. The van der Waals surface area contributed by atoms with Crippen molar-refractivity contribution in [2.75, 3.05) is 0 Å². The van der Waals surface area contributed by atoms with Gasteiger partial charge in [-0.15, -0.1) is 0 Å². The first-order valence-corrected chi connectivity index (χ1v) is 10.9. The molecule has 0 saturated heterocycles. The van der Waals surface area contributed by atoms with Crippen molar-refractivity contribution in [1.29, 1.82) is 0 Å². The fourth-order valence-electron chi connectivity index (χ4n) is 3.87. The number of hydrazone groups is 1. The van der Waals surface area contributed by atoms with Crippen molar-refractivity contribution in [2.24, 2.45) is 11.0 Å². The van der Waals surface area contributed by atoms with Gasteiger partial charge in [0.25, 0.3) is 0 Å². The molecule has 0 bridgehead atoms. The maximum absolute atomic E-state index is 12.7. The number of nitrogens with one attached hydrogen (secondary N) is 2. The maximum atomic E-state index is 12.7. The van der Waals surface area contributed by atoms with E-state index in [1.165, 1.54) is 0 Å². The number of sulfonamides is 1. The lowest BCUT2D eigenvalue weighted by Gasteiger charge is -2.19. The van der Waals surface area contributed by atoms with Crippen LogP contribution in [-0.4, -0.2) is 26.1 Å². The van der Waals surface area contributed by atoms with Crippen LogP contribution in [0.3, 0.4) is 0 Å². The van der Waals surface area contributed by atoms with Gasteiger partial charge in [0, 0.05) is 18.4 Å². The van der Waals surface area contributed by atoms with Crippen LogP contribution >= 0.6 is 0 Å². The van der Waals surface area contributed by atoms with Gasteiger partial charge < -0.3 is 0 Å². The fraction of sp³-hybridized carbons (Fsp3) is 0.333. The molecule has 0 saturated carbocycles. The van der Waals surface area contributed by atoms with Crippen molar-refractivity contribution in [1.82, 2.24) is 10.1 Å². The summed E-state index contributed by atoms with van der Waals surface area (Å²) >= 11 is 0. The molecule has 2 N–H and O–H groups in total. The van der Waals surface area contributed by atoms with Gasteiger partial charge in [0.05, 0.1) is 10.6 Å². The summed E-state index contributed by atoms with van der Waals surface area (Å²) in [5, 5.41) is 4.22. The SMILES string of the molecule is Cc1ccc(S(=O)(=O)NC2Cc3ccc(C4=NNC(=O)CC4C)cc3C2)cc1. The second-order valence-corrected chi connectivity index (χ2v) is 9.37. The summed E-state index contributed by atoms with van der Waals surface area (Å²) in [5.74, 6) is -0.00738. The minimum Gasteiger partial charge on any atom is -0.273 e. The van der Waals surface area contributed by atoms with E-state index in [-0.39, 0.29) is 22.8 Å². The number of fused-ring (bicyclic) bond motifs is 1. The molecule has 0 aromatic heterocycles. The van der Waals surface area contributed by atoms with Crippen LogP contribution in [-0.2, 0) is 27.7 Å². The summed E-state index contributed by atoms with van der Waals surface area (Å²) in [7, 11) is -3.54. The molecule has 1 heterocycles. The minimum atomic E-state index is -3.54. The van der Waals surface area contributed by atoms with Crippen LogP contribution in [0.25, 0.3) is 0 Å². The number of hydrogen-bond acceptors (Lipinski definition) is 4. The Morgan fingerprint density at radius 1 is 1.04 bits per heavy atom. The Morgan fingerprint density at radius 2 is 1.75 bits per heavy atom. The van der Waals surface area contributed by atoms with E-state index in [9.17, 15) is 13.2 Å². The average molecular weight is 398 g/mol. The van der Waals surface area contributed by atoms with Crippen LogP contribution in [0.5, 0.6) is 0 Å². The van der Waals surface area contributed by atoms with E-state index in [0.717, 1.165) is 28.0 Å². The fourth-order valence-corrected chi connectivity index (χ4v) is 5.10. The Hall–Kier alpha value is -2.51. The van der Waals surface area contributed by atoms with Gasteiger partial charge in [0.15, 0.2) is 0 Å². The molecule has 0 spiro atoms. The van der Waals surface area contributed by atoms with Gasteiger partial charge in [0.2, 0.25) is 15.9 Å². The van der Waals surface area contributed by atoms with E-state index in [2.05, 4.69) is 21.3 Å². The molecule has 4 rings (SSSR count). The standard InChI is InChI=1S/C21H23N3O3S/c1-13-3-7-19(8-4-13)28(26,27)24-18-11-15-5-6-16(10-17(15)12-18)21-14(2)9-20(25)22-23-21/h3-8,10,14,18,24H,9,11-12H2,1-2H3,(H,22,25). The molecule has 2 aliphatic rings. The zero-order chi connectivity index (χ0) is 19.9. The van der Waals surface area contributed by atoms with Crippen LogP contribution in [0.4, 0.5) is 0 Å². The smallest absolute Gasteiger partial charge is 0.240 e. The Kier molecular flexibility index (Phi) is 4.81. The Morgan fingerprint density at radius 3 is 2.46 bits per heavy atom. The van der Waals surface area contributed by atoms with Gasteiger partial charge in [-0.1, -0.05) is 36.8 Å². The van der Waals surface area contributed by atoms with Gasteiger partial charge in [-0.05, 0) is 54.7 Å². The van der Waals surface area contributed by atoms with Crippen LogP contribution in [0, 0.1) is 12.8 Å². The lowest BCUT2D eigenvalue weighted by molar-refractivity contribution is -0.121. The molecular formula is C21H23N3O3S. The third kappa shape index (κ3) is 3.72. The number of nitrogens with zero attached hydrogens (tertiary/aromatic N) is 1. The molecule has 1 aliphatic carbocycles. The first-order chi connectivity index (χ1) is 13.3. The van der Waals surface area contributed by atoms with E-state index < -0.39 is 10.0 Å². The molecule has 28 heavy (non-hydrogen) atoms. The van der Waals surface area contributed by atoms with E-state index in [1.807, 2.05) is 26.0 Å². The summed E-state index contributed by atoms with van der Waals surface area (Å²) < 4.78 is 28.2. The Bertz CT molecular complexity index is 1060. The van der Waals surface area contributed by atoms with E-state index in [0.29, 0.717) is 19.3 Å². The van der Waals surface area contributed by atoms with Crippen molar-refractivity contribution in [3.05, 3.63) is 64.7 Å². The molecule has 0 radical (unpaired) electrons. The molecule has 1 aliphatic heterocycles. The summed E-state index contributed by atoms with van der Waals surface area (Å²) in [6.45, 7) is 3.92. The van der Waals surface area contributed by atoms with E-state index >= 15 is 0 Å². The minimum absolute atomic E-state index is 0.0593. The topological polar surface area (TPSA) is 87.6 Å². The van der Waals surface area contributed by atoms with Crippen LogP contribution in [0.15, 0.2) is 52.5 Å². The highest BCUT2D eigenvalue weighted by molar-refractivity contribution is 7.89. The van der Waals surface area contributed by atoms with Crippen molar-refractivity contribution < 1.29 is 13.2 Å². The molecule has 146 valence electrons. The molecule has 1 amide bonds. The van der Waals surface area contributed by atoms with Gasteiger partial charge in [-0.3, -0.25) is 4.79 Å². The van der Waals surface area contributed by atoms with Crippen molar-refractivity contribution in [3.63, 3.8) is 0 Å². The van der Waals surface area contributed by atoms with Gasteiger partial charge in [-0.25, -0.2) is 18.6 Å². The lowest BCUT2D eigenvalue weighted by Crippen LogP contribution is -2.35. The number of hydrogen-bond donors (Lipinski definition) is 2. The van der Waals surface area contributed by atoms with E-state index in [1.54, 1.807) is 24.3 Å². The zero-order valence-electron chi connectivity index (χ0n) is 15.9. The summed E-state index contributed by atoms with van der Waals surface area (Å²) in [5.41, 5.74) is 7.69. The normalized spacial score (nSPS) is 21.8. The second-order valence-electron chi connectivity index (χ2n) is 7.66. The zero-order valence-corrected chi connectivity index (χ0v) is 16.7. The molecule has 0 fully saturated rings. The molecule has 2 aromatic carbocycles. The quantitative estimate of drug-likeness (QED) is 0.830. The van der Waals surface area contributed by atoms with E-state index in [4.69, 9.17) is 0 Å². The summed E-state index contributed by atoms with van der Waals surface area (Å²) in [6, 6.07) is 12.8. The highest BCUT2D eigenvalue weighted by atomic mass is 32.2. The van der Waals surface area contributed by atoms with Crippen molar-refractivity contribution in [2.45, 2.75) is 44.0 Å². The van der Waals surface area contributed by atoms with Crippen LogP contribution < -0.4 is 10.1 Å². The van der Waals surface area contributed by atoms with Gasteiger partial charge in [0.1, 0.15) is 0 Å². The Balaban J connectivity index is 1.51. The highest BCUT2D eigenvalue weighted by Crippen LogP contribution is 2.27. The number of benzene rings is 2. The van der Waals surface area contributed by atoms with Gasteiger partial charge >= 0.3 is 0 Å². The number of aryl methyl sites for hydroxylation is 1. The summed E-state index contributed by atoms with van der Waals surface area (Å²) in [4.78, 5) is 11.8. The van der Waals surface area contributed by atoms with Crippen molar-refractivity contribution >= 4 is 21.6 Å². The van der Waals surface area contributed by atoms with Crippen molar-refractivity contribution in [3.8, 4) is 0 Å². The lowest BCUT2D eigenvalue weighted by atomic mass is 9.92. The number of rotatable bonds is 4. The predicted octanol–water partition coefficient (Wildman–Crippen LogP) is 2.30. The molecule has 2 atom stereocenters. The van der Waals surface area contributed by atoms with Crippen LogP contribution in [0.2, 0.25) is 0 Å². The maximum Gasteiger partial charge on any atom is 0.240 e. The molecule has 7 heteroatoms. The summed E-state index contributed by atoms with van der Waals surface area (Å²) in [6.07, 6.45) is 1.73. The first-order valence-electron chi connectivity index (χ1n) is 9.39. The third-order valence-corrected chi connectivity index (χ3v) is 6.88. The molecule has 6 nitrogen and oxygen atoms in total. The average Bonchev–Trinajstić information content (AvgIpc) is 3.02. The number of carbonyl (C=O) groups is 1.